The van der Waals surface area contributed by atoms with Crippen LogP contribution in [0.1, 0.15) is 19.8 Å². The van der Waals surface area contributed by atoms with Gasteiger partial charge in [0, 0.05) is 0 Å². The number of aliphatic carboxylic acids is 1. The summed E-state index contributed by atoms with van der Waals surface area (Å²) in [5, 5.41) is 9.62. The molecule has 2 N–H and O–H groups in total. The summed E-state index contributed by atoms with van der Waals surface area (Å²) < 4.78 is 37.8. The molecule has 0 spiro atoms. The van der Waals surface area contributed by atoms with Crippen LogP contribution in [0.3, 0.4) is 0 Å². The average Bonchev–Trinajstić information content (AvgIpc) is 2.67. The highest BCUT2D eigenvalue weighted by Crippen LogP contribution is 2.32. The Kier molecular flexibility index (Phi) is 3.95. The van der Waals surface area contributed by atoms with Crippen LogP contribution < -0.4 is 5.32 Å². The van der Waals surface area contributed by atoms with Gasteiger partial charge in [-0.1, -0.05) is 0 Å². The first-order chi connectivity index (χ1) is 7.68. The SMILES string of the molecule is CC(NC(=O)C1CCCS1)(C(=O)O)C(F)(F)F. The van der Waals surface area contributed by atoms with E-state index in [1.807, 2.05) is 0 Å². The van der Waals surface area contributed by atoms with Gasteiger partial charge in [-0.3, -0.25) is 4.79 Å². The Morgan fingerprint density at radius 2 is 2.00 bits per heavy atom. The average molecular weight is 271 g/mol. The number of carboxylic acids is 1. The zero-order valence-corrected chi connectivity index (χ0v) is 9.82. The molecule has 8 heteroatoms. The number of nitrogens with one attached hydrogen (secondary N) is 1. The van der Waals surface area contributed by atoms with E-state index in [0.717, 1.165) is 6.42 Å². The highest BCUT2D eigenvalue weighted by molar-refractivity contribution is 8.00. The van der Waals surface area contributed by atoms with Crippen LogP contribution in [-0.2, 0) is 9.59 Å². The number of alkyl halides is 3. The van der Waals surface area contributed by atoms with E-state index >= 15 is 0 Å². The number of hydrogen-bond donors (Lipinski definition) is 2. The fraction of sp³-hybridized carbons (Fsp3) is 0.778. The van der Waals surface area contributed by atoms with Gasteiger partial charge in [0.25, 0.3) is 0 Å². The minimum Gasteiger partial charge on any atom is -0.479 e. The van der Waals surface area contributed by atoms with E-state index in [0.29, 0.717) is 19.1 Å². The molecule has 0 aromatic heterocycles. The molecular weight excluding hydrogens is 259 g/mol. The van der Waals surface area contributed by atoms with Gasteiger partial charge in [0.05, 0.1) is 5.25 Å². The van der Waals surface area contributed by atoms with Gasteiger partial charge in [-0.2, -0.15) is 13.2 Å². The number of thioether (sulfide) groups is 1. The van der Waals surface area contributed by atoms with Crippen LogP contribution in [0.2, 0.25) is 0 Å². The number of carbonyl (C=O) groups excluding carboxylic acids is 1. The van der Waals surface area contributed by atoms with Crippen molar-refractivity contribution in [3.8, 4) is 0 Å². The van der Waals surface area contributed by atoms with E-state index in [4.69, 9.17) is 5.11 Å². The van der Waals surface area contributed by atoms with Gasteiger partial charge >= 0.3 is 12.1 Å². The number of amides is 1. The van der Waals surface area contributed by atoms with Crippen molar-refractivity contribution < 1.29 is 27.9 Å². The fourth-order valence-electron chi connectivity index (χ4n) is 1.36. The van der Waals surface area contributed by atoms with Crippen molar-refractivity contribution in [3.63, 3.8) is 0 Å². The number of rotatable bonds is 3. The number of carbonyl (C=O) groups is 2. The smallest absolute Gasteiger partial charge is 0.422 e. The van der Waals surface area contributed by atoms with Crippen molar-refractivity contribution in [2.75, 3.05) is 5.75 Å². The van der Waals surface area contributed by atoms with Crippen molar-refractivity contribution in [1.29, 1.82) is 0 Å². The largest absolute Gasteiger partial charge is 0.479 e. The highest BCUT2D eigenvalue weighted by Gasteiger charge is 2.58. The predicted molar refractivity (Wildman–Crippen MR) is 55.7 cm³/mol. The lowest BCUT2D eigenvalue weighted by atomic mass is 10.0. The molecule has 1 aliphatic heterocycles. The molecule has 0 aromatic carbocycles. The van der Waals surface area contributed by atoms with E-state index in [1.165, 1.54) is 11.8 Å². The van der Waals surface area contributed by atoms with Crippen LogP contribution >= 0.6 is 11.8 Å². The van der Waals surface area contributed by atoms with Gasteiger partial charge in [0.15, 0.2) is 0 Å². The summed E-state index contributed by atoms with van der Waals surface area (Å²) in [6, 6.07) is 0. The van der Waals surface area contributed by atoms with Crippen LogP contribution in [0.15, 0.2) is 0 Å². The third-order valence-corrected chi connectivity index (χ3v) is 3.97. The molecule has 1 aliphatic rings. The zero-order chi connectivity index (χ0) is 13.3. The van der Waals surface area contributed by atoms with Crippen molar-refractivity contribution >= 4 is 23.6 Å². The van der Waals surface area contributed by atoms with Gasteiger partial charge in [0.1, 0.15) is 0 Å². The molecule has 1 saturated heterocycles. The van der Waals surface area contributed by atoms with E-state index in [9.17, 15) is 22.8 Å². The second-order valence-electron chi connectivity index (χ2n) is 3.92. The van der Waals surface area contributed by atoms with Gasteiger partial charge in [0.2, 0.25) is 11.4 Å². The maximum atomic E-state index is 12.6. The van der Waals surface area contributed by atoms with Crippen LogP contribution in [0.25, 0.3) is 0 Å². The van der Waals surface area contributed by atoms with Crippen LogP contribution in [0.4, 0.5) is 13.2 Å². The number of halogens is 3. The highest BCUT2D eigenvalue weighted by atomic mass is 32.2. The molecule has 98 valence electrons. The number of carboxylic acid groups (broad SMARTS) is 1. The molecule has 2 unspecified atom stereocenters. The monoisotopic (exact) mass is 271 g/mol. The lowest BCUT2D eigenvalue weighted by Gasteiger charge is -2.29. The van der Waals surface area contributed by atoms with Crippen molar-refractivity contribution in [2.24, 2.45) is 0 Å². The molecule has 0 aliphatic carbocycles. The molecule has 0 bridgehead atoms. The van der Waals surface area contributed by atoms with E-state index < -0.39 is 28.8 Å². The first-order valence-corrected chi connectivity index (χ1v) is 5.97. The van der Waals surface area contributed by atoms with Crippen molar-refractivity contribution in [1.82, 2.24) is 5.32 Å². The van der Waals surface area contributed by atoms with Gasteiger partial charge in [-0.15, -0.1) is 11.8 Å². The molecule has 1 amide bonds. The van der Waals surface area contributed by atoms with Crippen molar-refractivity contribution in [3.05, 3.63) is 0 Å². The Labute approximate surface area is 99.9 Å². The minimum atomic E-state index is -5.03. The minimum absolute atomic E-state index is 0.451. The van der Waals surface area contributed by atoms with Crippen LogP contribution in [0.5, 0.6) is 0 Å². The third-order valence-electron chi connectivity index (χ3n) is 2.59. The second kappa shape index (κ2) is 4.75. The van der Waals surface area contributed by atoms with Crippen molar-refractivity contribution in [2.45, 2.75) is 36.7 Å². The van der Waals surface area contributed by atoms with Gasteiger partial charge in [-0.05, 0) is 25.5 Å². The Hall–Kier alpha value is -0.920. The molecule has 1 fully saturated rings. The van der Waals surface area contributed by atoms with Gasteiger partial charge < -0.3 is 10.4 Å². The summed E-state index contributed by atoms with van der Waals surface area (Å²) in [5.41, 5.74) is -3.23. The molecule has 1 rings (SSSR count). The first-order valence-electron chi connectivity index (χ1n) is 4.92. The Balaban J connectivity index is 2.80. The summed E-state index contributed by atoms with van der Waals surface area (Å²) in [5.74, 6) is -2.27. The molecule has 2 atom stereocenters. The van der Waals surface area contributed by atoms with E-state index in [-0.39, 0.29) is 0 Å². The quantitative estimate of drug-likeness (QED) is 0.814. The van der Waals surface area contributed by atoms with E-state index in [1.54, 1.807) is 5.32 Å². The van der Waals surface area contributed by atoms with Crippen LogP contribution in [-0.4, -0.2) is 39.7 Å². The molecular formula is C9H12F3NO3S. The summed E-state index contributed by atoms with van der Waals surface area (Å²) in [6.45, 7) is 0.451. The topological polar surface area (TPSA) is 66.4 Å². The normalized spacial score (nSPS) is 24.1. The lowest BCUT2D eigenvalue weighted by Crippen LogP contribution is -2.63. The summed E-state index contributed by atoms with van der Waals surface area (Å²) >= 11 is 1.24. The number of hydrogen-bond acceptors (Lipinski definition) is 3. The summed E-state index contributed by atoms with van der Waals surface area (Å²) in [4.78, 5) is 22.2. The first kappa shape index (κ1) is 14.1. The summed E-state index contributed by atoms with van der Waals surface area (Å²) in [6.07, 6.45) is -3.81. The summed E-state index contributed by atoms with van der Waals surface area (Å²) in [7, 11) is 0. The zero-order valence-electron chi connectivity index (χ0n) is 9.00. The molecule has 0 radical (unpaired) electrons. The standard InChI is InChI=1S/C9H12F3NO3S/c1-8(7(15)16,9(10,11)12)13-6(14)5-3-2-4-17-5/h5H,2-4H2,1H3,(H,13,14)(H,15,16). The Morgan fingerprint density at radius 1 is 1.41 bits per heavy atom. The molecule has 0 saturated carbocycles. The van der Waals surface area contributed by atoms with E-state index in [2.05, 4.69) is 0 Å². The molecule has 1 heterocycles. The maximum absolute atomic E-state index is 12.6. The lowest BCUT2D eigenvalue weighted by molar-refractivity contribution is -0.206. The Morgan fingerprint density at radius 3 is 2.35 bits per heavy atom. The fourth-order valence-corrected chi connectivity index (χ4v) is 2.52. The molecule has 0 aromatic rings. The molecule has 17 heavy (non-hydrogen) atoms. The predicted octanol–water partition coefficient (Wildman–Crippen LogP) is 1.40. The second-order valence-corrected chi connectivity index (χ2v) is 5.23. The third kappa shape index (κ3) is 2.85. The maximum Gasteiger partial charge on any atom is 0.422 e. The van der Waals surface area contributed by atoms with Crippen LogP contribution in [0, 0.1) is 0 Å². The Bertz CT molecular complexity index is 328. The molecule has 4 nitrogen and oxygen atoms in total. The van der Waals surface area contributed by atoms with Gasteiger partial charge in [-0.25, -0.2) is 4.79 Å².